The summed E-state index contributed by atoms with van der Waals surface area (Å²) in [5.74, 6) is 0. The van der Waals surface area contributed by atoms with Gasteiger partial charge in [-0.2, -0.15) is 0 Å². The topological polar surface area (TPSA) is 0 Å². The molecule has 0 atom stereocenters. The molecule has 0 aliphatic carbocycles. The van der Waals surface area contributed by atoms with Gasteiger partial charge in [0, 0.05) is 0 Å². The fourth-order valence-corrected chi connectivity index (χ4v) is 4.91. The van der Waals surface area contributed by atoms with Crippen LogP contribution >= 0.6 is 0 Å². The van der Waals surface area contributed by atoms with Crippen LogP contribution in [-0.4, -0.2) is 0 Å². The lowest BCUT2D eigenvalue weighted by Crippen LogP contribution is -2.29. The maximum absolute atomic E-state index is 2.38. The van der Waals surface area contributed by atoms with E-state index in [9.17, 15) is 0 Å². The minimum Gasteiger partial charge on any atom is -0.0791 e. The molecule has 0 aliphatic heterocycles. The van der Waals surface area contributed by atoms with Crippen LogP contribution in [0.3, 0.4) is 0 Å². The summed E-state index contributed by atoms with van der Waals surface area (Å²) >= 11 is 0. The van der Waals surface area contributed by atoms with Crippen LogP contribution in [-0.2, 0) is 0 Å². The average molecular weight is 425 g/mol. The monoisotopic (exact) mass is 424 g/mol. The highest BCUT2D eigenvalue weighted by Gasteiger charge is 2.14. The van der Waals surface area contributed by atoms with Crippen LogP contribution < -0.4 is 10.4 Å². The molecule has 0 heterocycles. The highest BCUT2D eigenvalue weighted by Crippen LogP contribution is 2.33. The van der Waals surface area contributed by atoms with E-state index < -0.39 is 0 Å². The Morgan fingerprint density at radius 1 is 0.515 bits per heavy atom. The number of hydrogen-bond donors (Lipinski definition) is 0. The van der Waals surface area contributed by atoms with Gasteiger partial charge in [0.25, 0.3) is 0 Å². The average Bonchev–Trinajstić information content (AvgIpc) is 2.89. The van der Waals surface area contributed by atoms with E-state index in [0.29, 0.717) is 0 Å². The van der Waals surface area contributed by atoms with Crippen molar-refractivity contribution in [3.05, 3.63) is 120 Å². The summed E-state index contributed by atoms with van der Waals surface area (Å²) in [6.07, 6.45) is 5.65. The predicted molar refractivity (Wildman–Crippen MR) is 144 cm³/mol. The Kier molecular flexibility index (Phi) is 5.91. The van der Waals surface area contributed by atoms with Crippen LogP contribution in [0, 0.1) is 0 Å². The van der Waals surface area contributed by atoms with E-state index in [1.165, 1.54) is 54.6 Å². The molecule has 5 aromatic carbocycles. The SMILES string of the molecule is C/C=c1/c(-c2cccc(-c3ccccc3)c2)c2ccccc2c(-c2ccccc2)/c1=C/CC. The smallest absolute Gasteiger partial charge is 0.00296 e. The summed E-state index contributed by atoms with van der Waals surface area (Å²) in [7, 11) is 0. The van der Waals surface area contributed by atoms with Crippen LogP contribution in [0.25, 0.3) is 56.3 Å². The van der Waals surface area contributed by atoms with Gasteiger partial charge in [-0.1, -0.05) is 122 Å². The zero-order valence-electron chi connectivity index (χ0n) is 19.3. The fourth-order valence-electron chi connectivity index (χ4n) is 4.91. The maximum atomic E-state index is 2.38. The van der Waals surface area contributed by atoms with E-state index in [1.807, 2.05) is 0 Å². The second-order valence-corrected chi connectivity index (χ2v) is 8.34. The Morgan fingerprint density at radius 2 is 1.03 bits per heavy atom. The standard InChI is InChI=1S/C33H28/c1-3-14-29-28(4-2)33(27-20-13-19-26(23-27)24-15-7-5-8-16-24)31-22-12-11-21-30(31)32(29)25-17-9-6-10-18-25/h4-23H,3H2,1-2H3/b28-4+,29-14+. The molecule has 0 heteroatoms. The van der Waals surface area contributed by atoms with Crippen molar-refractivity contribution in [2.24, 2.45) is 0 Å². The van der Waals surface area contributed by atoms with Crippen LogP contribution in [0.1, 0.15) is 20.3 Å². The molecule has 5 aromatic rings. The van der Waals surface area contributed by atoms with Crippen molar-refractivity contribution in [1.82, 2.24) is 0 Å². The highest BCUT2D eigenvalue weighted by atomic mass is 14.2. The summed E-state index contributed by atoms with van der Waals surface area (Å²) < 4.78 is 0. The minimum absolute atomic E-state index is 0.989. The molecule has 0 saturated carbocycles. The Hall–Kier alpha value is -3.90. The van der Waals surface area contributed by atoms with Crippen LogP contribution in [0.15, 0.2) is 109 Å². The van der Waals surface area contributed by atoms with Gasteiger partial charge in [0.05, 0.1) is 0 Å². The van der Waals surface area contributed by atoms with E-state index in [1.54, 1.807) is 0 Å². The van der Waals surface area contributed by atoms with Gasteiger partial charge in [-0.25, -0.2) is 0 Å². The lowest BCUT2D eigenvalue weighted by atomic mass is 9.87. The third kappa shape index (κ3) is 3.90. The molecule has 0 aliphatic rings. The quantitative estimate of drug-likeness (QED) is 0.276. The van der Waals surface area contributed by atoms with Gasteiger partial charge >= 0.3 is 0 Å². The van der Waals surface area contributed by atoms with E-state index in [4.69, 9.17) is 0 Å². The minimum atomic E-state index is 0.989. The molecule has 160 valence electrons. The molecule has 0 saturated heterocycles. The zero-order valence-corrected chi connectivity index (χ0v) is 19.3. The Labute approximate surface area is 196 Å². The van der Waals surface area contributed by atoms with E-state index in [0.717, 1.165) is 6.42 Å². The van der Waals surface area contributed by atoms with E-state index in [-0.39, 0.29) is 0 Å². The number of hydrogen-bond acceptors (Lipinski definition) is 0. The number of benzene rings is 5. The molecule has 0 aromatic heterocycles. The molecule has 0 radical (unpaired) electrons. The summed E-state index contributed by atoms with van der Waals surface area (Å²) in [6, 6.07) is 39.3. The Balaban J connectivity index is 1.91. The summed E-state index contributed by atoms with van der Waals surface area (Å²) in [6.45, 7) is 4.38. The molecule has 33 heavy (non-hydrogen) atoms. The first-order valence-corrected chi connectivity index (χ1v) is 11.7. The van der Waals surface area contributed by atoms with Gasteiger partial charge in [0.15, 0.2) is 0 Å². The van der Waals surface area contributed by atoms with Crippen LogP contribution in [0.2, 0.25) is 0 Å². The highest BCUT2D eigenvalue weighted by molar-refractivity contribution is 6.06. The van der Waals surface area contributed by atoms with Crippen molar-refractivity contribution >= 4 is 22.9 Å². The first-order chi connectivity index (χ1) is 16.3. The van der Waals surface area contributed by atoms with Crippen LogP contribution in [0.5, 0.6) is 0 Å². The van der Waals surface area contributed by atoms with Gasteiger partial charge in [-0.15, -0.1) is 0 Å². The fraction of sp³-hybridized carbons (Fsp3) is 0.0909. The second kappa shape index (κ2) is 9.30. The Morgan fingerprint density at radius 3 is 1.64 bits per heavy atom. The largest absolute Gasteiger partial charge is 0.0791 e. The van der Waals surface area contributed by atoms with E-state index in [2.05, 4.69) is 135 Å². The molecule has 0 nitrogen and oxygen atoms in total. The first kappa shape index (κ1) is 21.0. The zero-order chi connectivity index (χ0) is 22.6. The van der Waals surface area contributed by atoms with Crippen molar-refractivity contribution < 1.29 is 0 Å². The van der Waals surface area contributed by atoms with Crippen molar-refractivity contribution in [1.29, 1.82) is 0 Å². The second-order valence-electron chi connectivity index (χ2n) is 8.34. The van der Waals surface area contributed by atoms with Crippen molar-refractivity contribution in [3.63, 3.8) is 0 Å². The predicted octanol–water partition coefficient (Wildman–Crippen LogP) is 7.83. The number of rotatable bonds is 4. The molecule has 0 N–H and O–H groups in total. The van der Waals surface area contributed by atoms with Crippen molar-refractivity contribution in [2.45, 2.75) is 20.3 Å². The lowest BCUT2D eigenvalue weighted by molar-refractivity contribution is 1.28. The molecule has 0 fully saturated rings. The van der Waals surface area contributed by atoms with Gasteiger partial charge < -0.3 is 0 Å². The van der Waals surface area contributed by atoms with Crippen molar-refractivity contribution in [2.75, 3.05) is 0 Å². The summed E-state index contributed by atoms with van der Waals surface area (Å²) in [4.78, 5) is 0. The van der Waals surface area contributed by atoms with Gasteiger partial charge in [0.2, 0.25) is 0 Å². The van der Waals surface area contributed by atoms with Gasteiger partial charge in [0.1, 0.15) is 0 Å². The number of fused-ring (bicyclic) bond motifs is 1. The molecule has 0 amide bonds. The molecule has 0 unspecified atom stereocenters. The Bertz CT molecular complexity index is 1520. The first-order valence-electron chi connectivity index (χ1n) is 11.7. The molecule has 0 spiro atoms. The third-order valence-electron chi connectivity index (χ3n) is 6.31. The van der Waals surface area contributed by atoms with Gasteiger partial charge in [-0.3, -0.25) is 0 Å². The molecular weight excluding hydrogens is 396 g/mol. The maximum Gasteiger partial charge on any atom is -0.00296 e. The van der Waals surface area contributed by atoms with Crippen LogP contribution in [0.4, 0.5) is 0 Å². The molecule has 5 rings (SSSR count). The summed E-state index contributed by atoms with van der Waals surface area (Å²) in [5.41, 5.74) is 7.64. The lowest BCUT2D eigenvalue weighted by Gasteiger charge is -2.16. The summed E-state index contributed by atoms with van der Waals surface area (Å²) in [5, 5.41) is 5.22. The van der Waals surface area contributed by atoms with Crippen molar-refractivity contribution in [3.8, 4) is 33.4 Å². The normalized spacial score (nSPS) is 12.4. The van der Waals surface area contributed by atoms with E-state index >= 15 is 0 Å². The molecule has 0 bridgehead atoms. The third-order valence-corrected chi connectivity index (χ3v) is 6.31. The van der Waals surface area contributed by atoms with Gasteiger partial charge in [-0.05, 0) is 74.0 Å². The molecular formula is C33H28.